The van der Waals surface area contributed by atoms with E-state index in [4.69, 9.17) is 9.47 Å². The van der Waals surface area contributed by atoms with Crippen LogP contribution in [-0.4, -0.2) is 20.3 Å². The average molecular weight is 285 g/mol. The van der Waals surface area contributed by atoms with Crippen molar-refractivity contribution in [3.05, 3.63) is 59.7 Å². The van der Waals surface area contributed by atoms with Crippen molar-refractivity contribution in [2.75, 3.05) is 20.3 Å². The first kappa shape index (κ1) is 15.4. The highest BCUT2D eigenvalue weighted by Gasteiger charge is 2.06. The van der Waals surface area contributed by atoms with Crippen LogP contribution in [0.25, 0.3) is 0 Å². The summed E-state index contributed by atoms with van der Waals surface area (Å²) in [6, 6.07) is 16.4. The smallest absolute Gasteiger partial charge is 0.161 e. The lowest BCUT2D eigenvalue weighted by atomic mass is 10.1. The molecule has 0 aromatic heterocycles. The number of rotatable bonds is 8. The molecular weight excluding hydrogens is 262 g/mol. The van der Waals surface area contributed by atoms with E-state index in [1.807, 2.05) is 44.3 Å². The van der Waals surface area contributed by atoms with Crippen LogP contribution >= 0.6 is 0 Å². The molecule has 0 aliphatic rings. The Morgan fingerprint density at radius 3 is 2.43 bits per heavy atom. The third kappa shape index (κ3) is 4.80. The highest BCUT2D eigenvalue weighted by Crippen LogP contribution is 2.28. The third-order valence-electron chi connectivity index (χ3n) is 3.18. The number of nitrogens with one attached hydrogen (secondary N) is 1. The normalized spacial score (nSPS) is 10.4. The molecule has 0 atom stereocenters. The maximum absolute atomic E-state index is 5.88. The summed E-state index contributed by atoms with van der Waals surface area (Å²) in [5.41, 5.74) is 2.47. The first-order valence-electron chi connectivity index (χ1n) is 7.40. The van der Waals surface area contributed by atoms with Crippen LogP contribution < -0.4 is 14.8 Å². The first-order valence-corrected chi connectivity index (χ1v) is 7.40. The number of hydrogen-bond acceptors (Lipinski definition) is 3. The second-order valence-corrected chi connectivity index (χ2v) is 4.83. The Kier molecular flexibility index (Phi) is 6.10. The van der Waals surface area contributed by atoms with Crippen molar-refractivity contribution in [2.24, 2.45) is 0 Å². The molecule has 21 heavy (non-hydrogen) atoms. The Bertz CT molecular complexity index is 540. The second-order valence-electron chi connectivity index (χ2n) is 4.83. The molecule has 2 aromatic rings. The molecule has 2 rings (SSSR count). The molecule has 0 amide bonds. The zero-order chi connectivity index (χ0) is 14.9. The summed E-state index contributed by atoms with van der Waals surface area (Å²) < 4.78 is 11.6. The van der Waals surface area contributed by atoms with Gasteiger partial charge < -0.3 is 14.8 Å². The predicted octanol–water partition coefficient (Wildman–Crippen LogP) is 3.43. The number of ether oxygens (including phenoxy) is 2. The van der Waals surface area contributed by atoms with Crippen LogP contribution in [0.5, 0.6) is 11.5 Å². The van der Waals surface area contributed by atoms with Gasteiger partial charge in [-0.25, -0.2) is 0 Å². The fourth-order valence-corrected chi connectivity index (χ4v) is 2.18. The molecule has 2 aromatic carbocycles. The lowest BCUT2D eigenvalue weighted by molar-refractivity contribution is 0.279. The van der Waals surface area contributed by atoms with Gasteiger partial charge in [-0.05, 0) is 37.2 Å². The van der Waals surface area contributed by atoms with Gasteiger partial charge in [-0.15, -0.1) is 0 Å². The molecule has 1 N–H and O–H groups in total. The molecule has 0 saturated heterocycles. The van der Waals surface area contributed by atoms with Crippen molar-refractivity contribution in [1.29, 1.82) is 0 Å². The largest absolute Gasteiger partial charge is 0.490 e. The molecule has 3 heteroatoms. The lowest BCUT2D eigenvalue weighted by Crippen LogP contribution is -2.07. The Hall–Kier alpha value is -2.00. The van der Waals surface area contributed by atoms with Crippen LogP contribution in [0.3, 0.4) is 0 Å². The van der Waals surface area contributed by atoms with Crippen molar-refractivity contribution in [3.8, 4) is 11.5 Å². The second kappa shape index (κ2) is 8.32. The molecule has 0 heterocycles. The standard InChI is InChI=1S/C18H23NO2/c1-3-20-18-13-16(14-19-2)9-10-17(18)21-12-11-15-7-5-4-6-8-15/h4-10,13,19H,3,11-12,14H2,1-2H3. The van der Waals surface area contributed by atoms with E-state index in [1.54, 1.807) is 0 Å². The minimum atomic E-state index is 0.637. The van der Waals surface area contributed by atoms with Crippen LogP contribution in [0.1, 0.15) is 18.1 Å². The van der Waals surface area contributed by atoms with E-state index in [0.717, 1.165) is 24.5 Å². The summed E-state index contributed by atoms with van der Waals surface area (Å²) in [6.45, 7) is 4.09. The van der Waals surface area contributed by atoms with E-state index in [1.165, 1.54) is 11.1 Å². The van der Waals surface area contributed by atoms with Crippen LogP contribution in [0.15, 0.2) is 48.5 Å². The molecule has 0 radical (unpaired) electrons. The highest BCUT2D eigenvalue weighted by molar-refractivity contribution is 5.43. The van der Waals surface area contributed by atoms with E-state index in [-0.39, 0.29) is 0 Å². The van der Waals surface area contributed by atoms with Gasteiger partial charge in [-0.1, -0.05) is 36.4 Å². The summed E-state index contributed by atoms with van der Waals surface area (Å²) in [5, 5.41) is 3.14. The van der Waals surface area contributed by atoms with Crippen molar-refractivity contribution in [2.45, 2.75) is 19.9 Å². The van der Waals surface area contributed by atoms with Gasteiger partial charge in [0.05, 0.1) is 13.2 Å². The van der Waals surface area contributed by atoms with E-state index >= 15 is 0 Å². The molecule has 0 fully saturated rings. The molecule has 0 spiro atoms. The van der Waals surface area contributed by atoms with Gasteiger partial charge >= 0.3 is 0 Å². The van der Waals surface area contributed by atoms with E-state index in [2.05, 4.69) is 23.5 Å². The first-order chi connectivity index (χ1) is 10.3. The van der Waals surface area contributed by atoms with Crippen LogP contribution in [-0.2, 0) is 13.0 Å². The van der Waals surface area contributed by atoms with Crippen molar-refractivity contribution < 1.29 is 9.47 Å². The SMILES string of the molecule is CCOc1cc(CNC)ccc1OCCc1ccccc1. The van der Waals surface area contributed by atoms with Gasteiger partial charge in [0.2, 0.25) is 0 Å². The molecule has 3 nitrogen and oxygen atoms in total. The molecule has 0 saturated carbocycles. The van der Waals surface area contributed by atoms with E-state index < -0.39 is 0 Å². The predicted molar refractivity (Wildman–Crippen MR) is 86.0 cm³/mol. The van der Waals surface area contributed by atoms with E-state index in [0.29, 0.717) is 13.2 Å². The minimum absolute atomic E-state index is 0.637. The average Bonchev–Trinajstić information content (AvgIpc) is 2.51. The maximum Gasteiger partial charge on any atom is 0.161 e. The summed E-state index contributed by atoms with van der Waals surface area (Å²) in [5.74, 6) is 1.63. The number of hydrogen-bond donors (Lipinski definition) is 1. The quantitative estimate of drug-likeness (QED) is 0.806. The summed E-state index contributed by atoms with van der Waals surface area (Å²) in [7, 11) is 1.94. The van der Waals surface area contributed by atoms with Gasteiger partial charge in [0.1, 0.15) is 0 Å². The fraction of sp³-hybridized carbons (Fsp3) is 0.333. The van der Waals surface area contributed by atoms with Crippen molar-refractivity contribution >= 4 is 0 Å². The summed E-state index contributed by atoms with van der Waals surface area (Å²) in [6.07, 6.45) is 0.894. The monoisotopic (exact) mass is 285 g/mol. The van der Waals surface area contributed by atoms with E-state index in [9.17, 15) is 0 Å². The van der Waals surface area contributed by atoms with Crippen LogP contribution in [0, 0.1) is 0 Å². The number of benzene rings is 2. The van der Waals surface area contributed by atoms with Gasteiger partial charge in [0.15, 0.2) is 11.5 Å². The van der Waals surface area contributed by atoms with Gasteiger partial charge in [0.25, 0.3) is 0 Å². The Labute approximate surface area is 126 Å². The zero-order valence-electron chi connectivity index (χ0n) is 12.8. The Morgan fingerprint density at radius 2 is 1.71 bits per heavy atom. The molecule has 0 aliphatic carbocycles. The molecule has 0 unspecified atom stereocenters. The van der Waals surface area contributed by atoms with Crippen molar-refractivity contribution in [3.63, 3.8) is 0 Å². The summed E-state index contributed by atoms with van der Waals surface area (Å²) >= 11 is 0. The fourth-order valence-electron chi connectivity index (χ4n) is 2.18. The van der Waals surface area contributed by atoms with Crippen LogP contribution in [0.2, 0.25) is 0 Å². The lowest BCUT2D eigenvalue weighted by Gasteiger charge is -2.13. The zero-order valence-corrected chi connectivity index (χ0v) is 12.8. The Balaban J connectivity index is 1.98. The highest BCUT2D eigenvalue weighted by atomic mass is 16.5. The summed E-state index contributed by atoms with van der Waals surface area (Å²) in [4.78, 5) is 0. The van der Waals surface area contributed by atoms with Crippen LogP contribution in [0.4, 0.5) is 0 Å². The van der Waals surface area contributed by atoms with Gasteiger partial charge in [-0.3, -0.25) is 0 Å². The maximum atomic E-state index is 5.88. The van der Waals surface area contributed by atoms with Gasteiger partial charge in [0, 0.05) is 13.0 Å². The molecule has 0 aliphatic heterocycles. The van der Waals surface area contributed by atoms with Crippen molar-refractivity contribution in [1.82, 2.24) is 5.32 Å². The topological polar surface area (TPSA) is 30.5 Å². The molecule has 112 valence electrons. The molecular formula is C18H23NO2. The Morgan fingerprint density at radius 1 is 0.905 bits per heavy atom. The third-order valence-corrected chi connectivity index (χ3v) is 3.18. The van der Waals surface area contributed by atoms with Gasteiger partial charge in [-0.2, -0.15) is 0 Å². The minimum Gasteiger partial charge on any atom is -0.490 e. The molecule has 0 bridgehead atoms.